The number of Topliss-reactive ketones (excluding diaryl/α,β-unsaturated/α-hetero) is 1. The van der Waals surface area contributed by atoms with E-state index in [2.05, 4.69) is 13.8 Å². The van der Waals surface area contributed by atoms with Crippen molar-refractivity contribution in [3.63, 3.8) is 0 Å². The number of rotatable bonds is 5. The number of ketones is 1. The van der Waals surface area contributed by atoms with Gasteiger partial charge in [0.05, 0.1) is 12.4 Å². The molecule has 0 fully saturated rings. The predicted molar refractivity (Wildman–Crippen MR) is 53.3 cm³/mol. The van der Waals surface area contributed by atoms with Gasteiger partial charge in [-0.15, -0.1) is 0 Å². The Morgan fingerprint density at radius 3 is 2.71 bits per heavy atom. The van der Waals surface area contributed by atoms with E-state index < -0.39 is 0 Å². The van der Waals surface area contributed by atoms with Gasteiger partial charge < -0.3 is 9.15 Å². The van der Waals surface area contributed by atoms with Crippen molar-refractivity contribution in [2.45, 2.75) is 26.9 Å². The summed E-state index contributed by atoms with van der Waals surface area (Å²) >= 11 is 0. The van der Waals surface area contributed by atoms with Gasteiger partial charge in [0.2, 0.25) is 5.78 Å². The van der Waals surface area contributed by atoms with Crippen LogP contribution in [0.4, 0.5) is 0 Å². The molecule has 1 heterocycles. The summed E-state index contributed by atoms with van der Waals surface area (Å²) in [6, 6.07) is 3.34. The van der Waals surface area contributed by atoms with Crippen LogP contribution in [0.1, 0.15) is 31.3 Å². The molecule has 0 spiro atoms. The average molecular weight is 196 g/mol. The highest BCUT2D eigenvalue weighted by Crippen LogP contribution is 2.07. The first-order valence-corrected chi connectivity index (χ1v) is 4.79. The molecule has 78 valence electrons. The Labute approximate surface area is 84.1 Å². The van der Waals surface area contributed by atoms with Crippen molar-refractivity contribution >= 4 is 5.78 Å². The molecule has 14 heavy (non-hydrogen) atoms. The van der Waals surface area contributed by atoms with Gasteiger partial charge in [0, 0.05) is 0 Å². The molecule has 1 atom stereocenters. The molecule has 1 rings (SSSR count). The third kappa shape index (κ3) is 3.00. The van der Waals surface area contributed by atoms with Crippen LogP contribution in [-0.2, 0) is 4.74 Å². The first-order chi connectivity index (χ1) is 6.61. The quantitative estimate of drug-likeness (QED) is 0.679. The molecule has 1 aromatic rings. The van der Waals surface area contributed by atoms with E-state index in [9.17, 15) is 4.79 Å². The van der Waals surface area contributed by atoms with E-state index >= 15 is 0 Å². The topological polar surface area (TPSA) is 39.4 Å². The van der Waals surface area contributed by atoms with E-state index in [-0.39, 0.29) is 18.5 Å². The van der Waals surface area contributed by atoms with Gasteiger partial charge in [0.15, 0.2) is 5.76 Å². The van der Waals surface area contributed by atoms with Crippen LogP contribution in [0, 0.1) is 5.92 Å². The highest BCUT2D eigenvalue weighted by molar-refractivity contribution is 5.94. The monoisotopic (exact) mass is 196 g/mol. The van der Waals surface area contributed by atoms with Crippen LogP contribution in [0.5, 0.6) is 0 Å². The summed E-state index contributed by atoms with van der Waals surface area (Å²) in [7, 11) is 0. The molecule has 3 heteroatoms. The van der Waals surface area contributed by atoms with Gasteiger partial charge in [-0.1, -0.05) is 13.8 Å². The maximum absolute atomic E-state index is 11.4. The molecular formula is C11H16O3. The highest BCUT2D eigenvalue weighted by Gasteiger charge is 2.12. The zero-order chi connectivity index (χ0) is 10.6. The molecule has 0 aromatic carbocycles. The zero-order valence-corrected chi connectivity index (χ0v) is 8.82. The van der Waals surface area contributed by atoms with Gasteiger partial charge in [0.1, 0.15) is 6.61 Å². The third-order valence-corrected chi connectivity index (χ3v) is 2.21. The second-order valence-electron chi connectivity index (χ2n) is 3.66. The summed E-state index contributed by atoms with van der Waals surface area (Å²) in [5, 5.41) is 0. The molecule has 0 amide bonds. The molecule has 1 aromatic heterocycles. The van der Waals surface area contributed by atoms with Crippen molar-refractivity contribution in [1.29, 1.82) is 0 Å². The maximum atomic E-state index is 11.4. The van der Waals surface area contributed by atoms with E-state index in [0.29, 0.717) is 11.7 Å². The normalized spacial score (nSPS) is 13.1. The summed E-state index contributed by atoms with van der Waals surface area (Å²) in [5.41, 5.74) is 0. The van der Waals surface area contributed by atoms with Crippen LogP contribution in [-0.4, -0.2) is 18.5 Å². The molecule has 1 unspecified atom stereocenters. The van der Waals surface area contributed by atoms with E-state index in [4.69, 9.17) is 9.15 Å². The van der Waals surface area contributed by atoms with Gasteiger partial charge in [-0.3, -0.25) is 4.79 Å². The Morgan fingerprint density at radius 1 is 1.50 bits per heavy atom. The fourth-order valence-electron chi connectivity index (χ4n) is 0.908. The van der Waals surface area contributed by atoms with Crippen molar-refractivity contribution in [2.24, 2.45) is 5.92 Å². The lowest BCUT2D eigenvalue weighted by Gasteiger charge is -2.15. The number of hydrogen-bond acceptors (Lipinski definition) is 3. The maximum Gasteiger partial charge on any atom is 0.223 e. The molecule has 0 radical (unpaired) electrons. The minimum atomic E-state index is -0.109. The lowest BCUT2D eigenvalue weighted by Crippen LogP contribution is -2.20. The molecular weight excluding hydrogens is 180 g/mol. The summed E-state index contributed by atoms with van der Waals surface area (Å²) in [6.07, 6.45) is 1.58. The number of hydrogen-bond donors (Lipinski definition) is 0. The molecule has 0 N–H and O–H groups in total. The Balaban J connectivity index is 2.36. The van der Waals surface area contributed by atoms with E-state index in [1.165, 1.54) is 6.26 Å². The number of carbonyl (C=O) groups excluding carboxylic acids is 1. The molecule has 0 saturated carbocycles. The van der Waals surface area contributed by atoms with Crippen LogP contribution in [0.25, 0.3) is 0 Å². The molecule has 0 aliphatic heterocycles. The second-order valence-corrected chi connectivity index (χ2v) is 3.66. The summed E-state index contributed by atoms with van der Waals surface area (Å²) in [6.45, 7) is 6.16. The smallest absolute Gasteiger partial charge is 0.223 e. The number of furan rings is 1. The van der Waals surface area contributed by atoms with Crippen LogP contribution in [0.2, 0.25) is 0 Å². The van der Waals surface area contributed by atoms with Crippen molar-refractivity contribution in [3.8, 4) is 0 Å². The zero-order valence-electron chi connectivity index (χ0n) is 8.82. The number of ether oxygens (including phenoxy) is 1. The van der Waals surface area contributed by atoms with E-state index in [0.717, 1.165) is 0 Å². The van der Waals surface area contributed by atoms with Crippen LogP contribution < -0.4 is 0 Å². The van der Waals surface area contributed by atoms with E-state index in [1.807, 2.05) is 6.92 Å². The molecule has 0 aliphatic rings. The minimum Gasteiger partial charge on any atom is -0.461 e. The van der Waals surface area contributed by atoms with E-state index in [1.54, 1.807) is 12.1 Å². The lowest BCUT2D eigenvalue weighted by molar-refractivity contribution is 0.0321. The van der Waals surface area contributed by atoms with Gasteiger partial charge in [-0.2, -0.15) is 0 Å². The first kappa shape index (κ1) is 11.0. The third-order valence-electron chi connectivity index (χ3n) is 2.21. The Morgan fingerprint density at radius 2 is 2.21 bits per heavy atom. The lowest BCUT2D eigenvalue weighted by atomic mass is 10.1. The van der Waals surface area contributed by atoms with Crippen LogP contribution in [0.15, 0.2) is 22.8 Å². The summed E-state index contributed by atoms with van der Waals surface area (Å²) < 4.78 is 10.3. The standard InChI is InChI=1S/C11H16O3/c1-8(2)9(3)14-7-10(12)11-5-4-6-13-11/h4-6,8-9H,7H2,1-3H3. The highest BCUT2D eigenvalue weighted by atomic mass is 16.5. The van der Waals surface area contributed by atoms with Crippen LogP contribution in [0.3, 0.4) is 0 Å². The SMILES string of the molecule is CC(C)C(C)OCC(=O)c1ccco1. The average Bonchev–Trinajstić information content (AvgIpc) is 2.66. The van der Waals surface area contributed by atoms with Crippen molar-refractivity contribution < 1.29 is 13.9 Å². The Hall–Kier alpha value is -1.09. The van der Waals surface area contributed by atoms with Crippen molar-refractivity contribution in [1.82, 2.24) is 0 Å². The Kier molecular flexibility index (Phi) is 3.89. The summed E-state index contributed by atoms with van der Waals surface area (Å²) in [5.74, 6) is 0.669. The molecule has 3 nitrogen and oxygen atoms in total. The van der Waals surface area contributed by atoms with Gasteiger partial charge in [-0.25, -0.2) is 0 Å². The Bertz CT molecular complexity index is 275. The second kappa shape index (κ2) is 4.96. The molecule has 0 bridgehead atoms. The largest absolute Gasteiger partial charge is 0.461 e. The molecule has 0 aliphatic carbocycles. The minimum absolute atomic E-state index is 0.0901. The fourth-order valence-corrected chi connectivity index (χ4v) is 0.908. The summed E-state index contributed by atoms with van der Waals surface area (Å²) in [4.78, 5) is 11.4. The fraction of sp³-hybridized carbons (Fsp3) is 0.545. The van der Waals surface area contributed by atoms with Gasteiger partial charge in [-0.05, 0) is 25.0 Å². The van der Waals surface area contributed by atoms with Gasteiger partial charge in [0.25, 0.3) is 0 Å². The van der Waals surface area contributed by atoms with Crippen molar-refractivity contribution in [3.05, 3.63) is 24.2 Å². The van der Waals surface area contributed by atoms with Crippen LogP contribution >= 0.6 is 0 Å². The van der Waals surface area contributed by atoms with Crippen molar-refractivity contribution in [2.75, 3.05) is 6.61 Å². The first-order valence-electron chi connectivity index (χ1n) is 4.79. The predicted octanol–water partition coefficient (Wildman–Crippen LogP) is 2.52. The van der Waals surface area contributed by atoms with Gasteiger partial charge >= 0.3 is 0 Å². The molecule has 0 saturated heterocycles. The number of carbonyl (C=O) groups is 1.